The van der Waals surface area contributed by atoms with E-state index < -0.39 is 29.5 Å². The van der Waals surface area contributed by atoms with E-state index in [0.29, 0.717) is 29.1 Å². The van der Waals surface area contributed by atoms with Crippen LogP contribution < -0.4 is 5.32 Å². The average molecular weight is 422 g/mol. The van der Waals surface area contributed by atoms with Gasteiger partial charge in [0.15, 0.2) is 5.78 Å². The molecule has 0 spiro atoms. The maximum Gasteiger partial charge on any atom is 0.412 e. The van der Waals surface area contributed by atoms with Crippen molar-refractivity contribution in [3.8, 4) is 11.3 Å². The monoisotopic (exact) mass is 422 g/mol. The molecule has 3 heterocycles. The molecule has 3 N–H and O–H groups in total. The smallest absolute Gasteiger partial charge is 0.412 e. The number of methoxy groups -OCH3 is 1. The quantitative estimate of drug-likeness (QED) is 0.435. The summed E-state index contributed by atoms with van der Waals surface area (Å²) in [6.45, 7) is 1.74. The molecule has 0 saturated heterocycles. The Labute approximate surface area is 178 Å². The molecule has 3 unspecified atom stereocenters. The molecule has 1 amide bonds. The molecule has 0 bridgehead atoms. The number of aliphatic hydroxyl groups is 2. The number of aromatic nitrogens is 3. The zero-order chi connectivity index (χ0) is 22.2. The Morgan fingerprint density at radius 2 is 2.03 bits per heavy atom. The number of ketones is 1. The number of rotatable bonds is 4. The van der Waals surface area contributed by atoms with Crippen LogP contribution >= 0.6 is 0 Å². The lowest BCUT2D eigenvalue weighted by Gasteiger charge is -2.34. The Balaban J connectivity index is 1.68. The van der Waals surface area contributed by atoms with Crippen LogP contribution in [-0.4, -0.2) is 55.3 Å². The minimum atomic E-state index is -1.68. The van der Waals surface area contributed by atoms with Gasteiger partial charge in [-0.25, -0.2) is 14.8 Å². The van der Waals surface area contributed by atoms with E-state index in [1.165, 1.54) is 19.3 Å². The zero-order valence-corrected chi connectivity index (χ0v) is 17.0. The number of Topliss-reactive ketones (excluding diaryl/α,β-unsaturated/α-hetero) is 1. The lowest BCUT2D eigenvalue weighted by Crippen LogP contribution is -2.46. The maximum absolute atomic E-state index is 13.1. The van der Waals surface area contributed by atoms with Gasteiger partial charge in [0.05, 0.1) is 25.1 Å². The molecule has 3 aromatic rings. The number of hydrogen-bond acceptors (Lipinski definition) is 7. The molecule has 31 heavy (non-hydrogen) atoms. The Kier molecular flexibility index (Phi) is 5.30. The first kappa shape index (κ1) is 20.7. The fourth-order valence-electron chi connectivity index (χ4n) is 3.68. The van der Waals surface area contributed by atoms with Gasteiger partial charge in [-0.3, -0.25) is 14.5 Å². The van der Waals surface area contributed by atoms with Crippen LogP contribution in [0.4, 0.5) is 10.6 Å². The van der Waals surface area contributed by atoms with Crippen LogP contribution in [0.1, 0.15) is 23.7 Å². The molecule has 160 valence electrons. The van der Waals surface area contributed by atoms with Gasteiger partial charge in [-0.2, -0.15) is 0 Å². The van der Waals surface area contributed by atoms with Gasteiger partial charge in [0, 0.05) is 23.5 Å². The molecule has 0 saturated carbocycles. The van der Waals surface area contributed by atoms with Crippen molar-refractivity contribution < 1.29 is 24.5 Å². The van der Waals surface area contributed by atoms with Gasteiger partial charge >= 0.3 is 6.09 Å². The number of aliphatic hydroxyl groups excluding tert-OH is 1. The molecular formula is C22H22N4O5. The van der Waals surface area contributed by atoms with E-state index in [1.807, 2.05) is 0 Å². The summed E-state index contributed by atoms with van der Waals surface area (Å²) in [6.07, 6.45) is 6.70. The highest BCUT2D eigenvalue weighted by Gasteiger charge is 2.42. The van der Waals surface area contributed by atoms with Crippen LogP contribution in [0.2, 0.25) is 0 Å². The van der Waals surface area contributed by atoms with Gasteiger partial charge < -0.3 is 14.9 Å². The van der Waals surface area contributed by atoms with Gasteiger partial charge in [0.1, 0.15) is 17.1 Å². The molecule has 1 aliphatic carbocycles. The van der Waals surface area contributed by atoms with E-state index in [0.717, 1.165) is 5.56 Å². The predicted octanol–water partition coefficient (Wildman–Crippen LogP) is 2.45. The van der Waals surface area contributed by atoms with Crippen molar-refractivity contribution in [2.75, 3.05) is 12.4 Å². The van der Waals surface area contributed by atoms with Crippen LogP contribution in [-0.2, 0) is 4.74 Å². The van der Waals surface area contributed by atoms with Crippen molar-refractivity contribution in [1.29, 1.82) is 0 Å². The number of nitrogens with one attached hydrogen (secondary N) is 1. The minimum Gasteiger partial charge on any atom is -0.453 e. The second-order valence-electron chi connectivity index (χ2n) is 7.56. The molecule has 9 nitrogen and oxygen atoms in total. The molecule has 3 aromatic heterocycles. The second-order valence-corrected chi connectivity index (χ2v) is 7.56. The number of amides is 1. The third-order valence-electron chi connectivity index (χ3n) is 5.53. The SMILES string of the molecule is COC(=O)Nc1ccc(-c2cnc3ccc(C(=O)C4(O)C=CC(O)CC4C)cn23)cn1. The van der Waals surface area contributed by atoms with E-state index in [1.54, 1.807) is 54.2 Å². The Bertz CT molecular complexity index is 1170. The number of fused-ring (bicyclic) bond motifs is 1. The highest BCUT2D eigenvalue weighted by Crippen LogP contribution is 2.32. The summed E-state index contributed by atoms with van der Waals surface area (Å²) in [7, 11) is 1.27. The van der Waals surface area contributed by atoms with Gasteiger partial charge in [0.2, 0.25) is 0 Å². The molecular weight excluding hydrogens is 400 g/mol. The van der Waals surface area contributed by atoms with E-state index in [-0.39, 0.29) is 0 Å². The van der Waals surface area contributed by atoms with Crippen molar-refractivity contribution >= 4 is 23.3 Å². The summed E-state index contributed by atoms with van der Waals surface area (Å²) in [5.41, 5.74) is 0.671. The van der Waals surface area contributed by atoms with E-state index in [2.05, 4.69) is 20.0 Å². The number of nitrogens with zero attached hydrogens (tertiary/aromatic N) is 3. The van der Waals surface area contributed by atoms with Gasteiger partial charge in [0.25, 0.3) is 0 Å². The summed E-state index contributed by atoms with van der Waals surface area (Å²) in [4.78, 5) is 33.0. The summed E-state index contributed by atoms with van der Waals surface area (Å²) in [6, 6.07) is 6.71. The number of pyridine rings is 2. The van der Waals surface area contributed by atoms with Crippen LogP contribution in [0.25, 0.3) is 16.9 Å². The largest absolute Gasteiger partial charge is 0.453 e. The normalized spacial score (nSPS) is 23.0. The topological polar surface area (TPSA) is 126 Å². The summed E-state index contributed by atoms with van der Waals surface area (Å²) >= 11 is 0. The first-order valence-corrected chi connectivity index (χ1v) is 9.75. The van der Waals surface area contributed by atoms with Crippen LogP contribution in [0.15, 0.2) is 55.0 Å². The molecule has 0 radical (unpaired) electrons. The first-order chi connectivity index (χ1) is 14.8. The Morgan fingerprint density at radius 3 is 2.71 bits per heavy atom. The van der Waals surface area contributed by atoms with E-state index >= 15 is 0 Å². The van der Waals surface area contributed by atoms with Crippen LogP contribution in [0.3, 0.4) is 0 Å². The van der Waals surface area contributed by atoms with E-state index in [9.17, 15) is 19.8 Å². The number of carbonyl (C=O) groups excluding carboxylic acids is 2. The zero-order valence-electron chi connectivity index (χ0n) is 17.0. The van der Waals surface area contributed by atoms with Crippen molar-refractivity contribution in [3.63, 3.8) is 0 Å². The third-order valence-corrected chi connectivity index (χ3v) is 5.53. The molecule has 0 fully saturated rings. The highest BCUT2D eigenvalue weighted by atomic mass is 16.5. The average Bonchev–Trinajstić information content (AvgIpc) is 3.19. The molecule has 4 rings (SSSR count). The number of hydrogen-bond donors (Lipinski definition) is 3. The number of imidazole rings is 1. The summed E-state index contributed by atoms with van der Waals surface area (Å²) in [5, 5.41) is 23.2. The van der Waals surface area contributed by atoms with Gasteiger partial charge in [-0.15, -0.1) is 0 Å². The predicted molar refractivity (Wildman–Crippen MR) is 113 cm³/mol. The number of anilines is 1. The lowest BCUT2D eigenvalue weighted by atomic mass is 9.76. The number of ether oxygens (including phenoxy) is 1. The fourth-order valence-corrected chi connectivity index (χ4v) is 3.68. The molecule has 0 aromatic carbocycles. The van der Waals surface area contributed by atoms with Crippen molar-refractivity contribution in [2.24, 2.45) is 5.92 Å². The molecule has 9 heteroatoms. The molecule has 1 aliphatic rings. The first-order valence-electron chi connectivity index (χ1n) is 9.75. The van der Waals surface area contributed by atoms with Crippen molar-refractivity contribution in [2.45, 2.75) is 25.0 Å². The van der Waals surface area contributed by atoms with E-state index in [4.69, 9.17) is 0 Å². The summed E-state index contributed by atoms with van der Waals surface area (Å²) in [5.74, 6) is -0.541. The van der Waals surface area contributed by atoms with Crippen molar-refractivity contribution in [1.82, 2.24) is 14.4 Å². The van der Waals surface area contributed by atoms with Gasteiger partial charge in [-0.05, 0) is 42.7 Å². The van der Waals surface area contributed by atoms with Gasteiger partial charge in [-0.1, -0.05) is 13.0 Å². The Hall–Kier alpha value is -3.56. The standard InChI is InChI=1S/C22H22N4O5/c1-13-9-16(27)7-8-22(13,30)20(28)15-4-6-19-24-11-17(26(19)12-15)14-3-5-18(23-10-14)25-21(29)31-2/h3-8,10-13,16,27,30H,9H2,1-2H3,(H,23,25,29). The molecule has 0 aliphatic heterocycles. The molecule has 3 atom stereocenters. The minimum absolute atomic E-state index is 0.301. The second kappa shape index (κ2) is 7.93. The summed E-state index contributed by atoms with van der Waals surface area (Å²) < 4.78 is 6.29. The van der Waals surface area contributed by atoms with Crippen LogP contribution in [0, 0.1) is 5.92 Å². The third kappa shape index (κ3) is 3.80. The lowest BCUT2D eigenvalue weighted by molar-refractivity contribution is 0.0118. The Morgan fingerprint density at radius 1 is 1.23 bits per heavy atom. The van der Waals surface area contributed by atoms with Crippen molar-refractivity contribution in [3.05, 3.63) is 60.6 Å². The highest BCUT2D eigenvalue weighted by molar-refractivity contribution is 6.04. The number of carbonyl (C=O) groups is 2. The van der Waals surface area contributed by atoms with Crippen LogP contribution in [0.5, 0.6) is 0 Å². The fraction of sp³-hybridized carbons (Fsp3) is 0.273. The maximum atomic E-state index is 13.1.